The molecule has 0 aromatic heterocycles. The van der Waals surface area contributed by atoms with E-state index in [-0.39, 0.29) is 35.6 Å². The fraction of sp³-hybridized carbons (Fsp3) is 0.944. The van der Waals surface area contributed by atoms with E-state index in [1.54, 1.807) is 0 Å². The summed E-state index contributed by atoms with van der Waals surface area (Å²) in [5, 5.41) is 13.4. The summed E-state index contributed by atoms with van der Waals surface area (Å²) in [6.45, 7) is 10.6. The molecule has 1 aliphatic heterocycles. The Bertz CT molecular complexity index is 392. The van der Waals surface area contributed by atoms with Crippen LogP contribution in [-0.4, -0.2) is 59.9 Å². The van der Waals surface area contributed by atoms with Gasteiger partial charge in [-0.3, -0.25) is 9.69 Å². The summed E-state index contributed by atoms with van der Waals surface area (Å²) in [5.74, 6) is 0.123. The monoisotopic (exact) mass is 326 g/mol. The highest BCUT2D eigenvalue weighted by molar-refractivity contribution is 5.81. The number of hydrogen-bond acceptors (Lipinski definition) is 4. The van der Waals surface area contributed by atoms with Crippen LogP contribution in [0.25, 0.3) is 0 Å². The second kappa shape index (κ2) is 7.95. The number of nitrogens with one attached hydrogen (secondary N) is 1. The number of aliphatic hydroxyl groups excluding tert-OH is 1. The molecule has 1 spiro atoms. The molecule has 2 fully saturated rings. The highest BCUT2D eigenvalue weighted by Crippen LogP contribution is 2.51. The van der Waals surface area contributed by atoms with Gasteiger partial charge in [0.1, 0.15) is 0 Å². The Balaban J connectivity index is 1.85. The lowest BCUT2D eigenvalue weighted by Gasteiger charge is -2.57. The zero-order chi connectivity index (χ0) is 17.0. The van der Waals surface area contributed by atoms with Gasteiger partial charge < -0.3 is 15.2 Å². The maximum Gasteiger partial charge on any atom is 0.237 e. The number of carbonyl (C=O) groups excluding carboxylic acids is 1. The highest BCUT2D eigenvalue weighted by Gasteiger charge is 2.56. The van der Waals surface area contributed by atoms with E-state index in [0.29, 0.717) is 6.61 Å². The van der Waals surface area contributed by atoms with Gasteiger partial charge in [0.15, 0.2) is 0 Å². The summed E-state index contributed by atoms with van der Waals surface area (Å²) >= 11 is 0. The van der Waals surface area contributed by atoms with E-state index in [2.05, 4.69) is 24.1 Å². The van der Waals surface area contributed by atoms with Gasteiger partial charge >= 0.3 is 0 Å². The van der Waals surface area contributed by atoms with E-state index >= 15 is 0 Å². The minimum Gasteiger partial charge on any atom is -0.392 e. The molecule has 0 bridgehead atoms. The Morgan fingerprint density at radius 3 is 2.52 bits per heavy atom. The predicted octanol–water partition coefficient (Wildman–Crippen LogP) is 1.93. The van der Waals surface area contributed by atoms with Crippen molar-refractivity contribution in [2.24, 2.45) is 5.41 Å². The molecule has 1 saturated heterocycles. The van der Waals surface area contributed by atoms with Crippen LogP contribution in [0.5, 0.6) is 0 Å². The molecule has 5 nitrogen and oxygen atoms in total. The second-order valence-corrected chi connectivity index (χ2v) is 7.34. The Labute approximate surface area is 140 Å². The van der Waals surface area contributed by atoms with Gasteiger partial charge in [0.05, 0.1) is 18.2 Å². The quantitative estimate of drug-likeness (QED) is 0.750. The molecule has 0 aromatic rings. The zero-order valence-electron chi connectivity index (χ0n) is 15.2. The van der Waals surface area contributed by atoms with Crippen molar-refractivity contribution in [3.05, 3.63) is 0 Å². The van der Waals surface area contributed by atoms with Gasteiger partial charge in [0.2, 0.25) is 5.91 Å². The molecule has 23 heavy (non-hydrogen) atoms. The molecule has 0 aromatic carbocycles. The molecule has 1 amide bonds. The van der Waals surface area contributed by atoms with Crippen molar-refractivity contribution in [3.63, 3.8) is 0 Å². The Morgan fingerprint density at radius 2 is 2.00 bits per heavy atom. The molecule has 1 saturated carbocycles. The predicted molar refractivity (Wildman–Crippen MR) is 91.3 cm³/mol. The molecule has 1 heterocycles. The fourth-order valence-electron chi connectivity index (χ4n) is 4.18. The number of amides is 1. The lowest BCUT2D eigenvalue weighted by molar-refractivity contribution is -0.210. The Hall–Kier alpha value is -0.650. The third-order valence-electron chi connectivity index (χ3n) is 5.88. The summed E-state index contributed by atoms with van der Waals surface area (Å²) in [7, 11) is 0. The molecule has 2 aliphatic rings. The Morgan fingerprint density at radius 1 is 1.35 bits per heavy atom. The third-order valence-corrected chi connectivity index (χ3v) is 5.88. The number of ether oxygens (including phenoxy) is 1. The first-order valence-corrected chi connectivity index (χ1v) is 9.28. The second-order valence-electron chi connectivity index (χ2n) is 7.34. The van der Waals surface area contributed by atoms with Crippen LogP contribution in [0.2, 0.25) is 0 Å². The summed E-state index contributed by atoms with van der Waals surface area (Å²) in [6.07, 6.45) is 4.65. The summed E-state index contributed by atoms with van der Waals surface area (Å²) < 4.78 is 5.81. The van der Waals surface area contributed by atoms with Crippen molar-refractivity contribution in [1.29, 1.82) is 0 Å². The SMILES string of the molecule is CCCC(C)NC(=O)C(C)N1CCC2(CC1)C(O)CC2OCC. The maximum atomic E-state index is 12.4. The van der Waals surface area contributed by atoms with Gasteiger partial charge in [-0.15, -0.1) is 0 Å². The third kappa shape index (κ3) is 3.89. The first-order chi connectivity index (χ1) is 10.9. The zero-order valence-corrected chi connectivity index (χ0v) is 15.2. The van der Waals surface area contributed by atoms with Gasteiger partial charge in [-0.05, 0) is 53.1 Å². The van der Waals surface area contributed by atoms with Gasteiger partial charge in [-0.2, -0.15) is 0 Å². The van der Waals surface area contributed by atoms with Gasteiger partial charge in [-0.25, -0.2) is 0 Å². The van der Waals surface area contributed by atoms with E-state index in [1.807, 2.05) is 13.8 Å². The number of hydrogen-bond donors (Lipinski definition) is 2. The van der Waals surface area contributed by atoms with Crippen LogP contribution in [0.3, 0.4) is 0 Å². The number of nitrogens with zero attached hydrogens (tertiary/aromatic N) is 1. The number of likely N-dealkylation sites (tertiary alicyclic amines) is 1. The van der Waals surface area contributed by atoms with E-state index in [0.717, 1.165) is 45.2 Å². The molecule has 4 unspecified atom stereocenters. The first-order valence-electron chi connectivity index (χ1n) is 9.28. The largest absolute Gasteiger partial charge is 0.392 e. The molecule has 2 N–H and O–H groups in total. The van der Waals surface area contributed by atoms with E-state index in [4.69, 9.17) is 4.74 Å². The molecule has 5 heteroatoms. The molecule has 2 rings (SSSR count). The summed E-state index contributed by atoms with van der Waals surface area (Å²) in [4.78, 5) is 14.6. The molecular weight excluding hydrogens is 292 g/mol. The number of carbonyl (C=O) groups is 1. The van der Waals surface area contributed by atoms with Gasteiger partial charge in [0.25, 0.3) is 0 Å². The maximum absolute atomic E-state index is 12.4. The van der Waals surface area contributed by atoms with Crippen LogP contribution in [0.15, 0.2) is 0 Å². The number of piperidine rings is 1. The molecule has 1 aliphatic carbocycles. The first kappa shape index (κ1) is 18.7. The van der Waals surface area contributed by atoms with Crippen LogP contribution < -0.4 is 5.32 Å². The van der Waals surface area contributed by atoms with Crippen molar-refractivity contribution in [1.82, 2.24) is 10.2 Å². The number of rotatable bonds is 7. The van der Waals surface area contributed by atoms with Gasteiger partial charge in [-0.1, -0.05) is 13.3 Å². The van der Waals surface area contributed by atoms with Crippen molar-refractivity contribution >= 4 is 5.91 Å². The van der Waals surface area contributed by atoms with Gasteiger partial charge in [0, 0.05) is 24.5 Å². The Kier molecular flexibility index (Phi) is 6.46. The summed E-state index contributed by atoms with van der Waals surface area (Å²) in [6, 6.07) is 0.135. The fourth-order valence-corrected chi connectivity index (χ4v) is 4.18. The molecule has 4 atom stereocenters. The van der Waals surface area contributed by atoms with Crippen LogP contribution >= 0.6 is 0 Å². The van der Waals surface area contributed by atoms with Crippen LogP contribution in [-0.2, 0) is 9.53 Å². The standard InChI is InChI=1S/C18H34N2O3/c1-5-7-13(3)19-17(22)14(4)20-10-8-18(9-11-20)15(21)12-16(18)23-6-2/h13-16,21H,5-12H2,1-4H3,(H,19,22). The lowest BCUT2D eigenvalue weighted by atomic mass is 9.58. The van der Waals surface area contributed by atoms with Crippen molar-refractivity contribution < 1.29 is 14.6 Å². The van der Waals surface area contributed by atoms with Crippen LogP contribution in [0.4, 0.5) is 0 Å². The lowest BCUT2D eigenvalue weighted by Crippen LogP contribution is -2.63. The van der Waals surface area contributed by atoms with Crippen molar-refractivity contribution in [2.45, 2.75) is 84.1 Å². The topological polar surface area (TPSA) is 61.8 Å². The van der Waals surface area contributed by atoms with Crippen LogP contribution in [0.1, 0.15) is 59.8 Å². The molecule has 0 radical (unpaired) electrons. The minimum atomic E-state index is -0.241. The average molecular weight is 326 g/mol. The highest BCUT2D eigenvalue weighted by atomic mass is 16.5. The summed E-state index contributed by atoms with van der Waals surface area (Å²) in [5.41, 5.74) is -0.0712. The number of aliphatic hydroxyl groups is 1. The minimum absolute atomic E-state index is 0.0712. The van der Waals surface area contributed by atoms with E-state index in [1.165, 1.54) is 0 Å². The molecule has 134 valence electrons. The normalized spacial score (nSPS) is 29.8. The van der Waals surface area contributed by atoms with Crippen molar-refractivity contribution in [3.8, 4) is 0 Å². The van der Waals surface area contributed by atoms with Crippen molar-refractivity contribution in [2.75, 3.05) is 19.7 Å². The van der Waals surface area contributed by atoms with E-state index < -0.39 is 0 Å². The smallest absolute Gasteiger partial charge is 0.237 e. The molecular formula is C18H34N2O3. The van der Waals surface area contributed by atoms with Crippen LogP contribution in [0, 0.1) is 5.41 Å². The van der Waals surface area contributed by atoms with E-state index in [9.17, 15) is 9.90 Å². The average Bonchev–Trinajstić information content (AvgIpc) is 2.54.